The zero-order valence-electron chi connectivity index (χ0n) is 8.07. The van der Waals surface area contributed by atoms with Crippen LogP contribution in [0, 0.1) is 5.92 Å². The van der Waals surface area contributed by atoms with Gasteiger partial charge in [-0.2, -0.15) is 0 Å². The predicted octanol–water partition coefficient (Wildman–Crippen LogP) is 1.37. The maximum atomic E-state index is 5.56. The van der Waals surface area contributed by atoms with Crippen molar-refractivity contribution < 1.29 is 0 Å². The summed E-state index contributed by atoms with van der Waals surface area (Å²) in [6.07, 6.45) is 3.01. The van der Waals surface area contributed by atoms with E-state index >= 15 is 0 Å². The Bertz CT molecular complexity index is 280. The van der Waals surface area contributed by atoms with Crippen LogP contribution in [-0.2, 0) is 0 Å². The fourth-order valence-corrected chi connectivity index (χ4v) is 2.52. The van der Waals surface area contributed by atoms with Gasteiger partial charge in [-0.3, -0.25) is 0 Å². The lowest BCUT2D eigenvalue weighted by Gasteiger charge is -2.06. The van der Waals surface area contributed by atoms with Crippen molar-refractivity contribution in [2.45, 2.75) is 11.4 Å². The third kappa shape index (κ3) is 2.62. The molecule has 1 atom stereocenters. The van der Waals surface area contributed by atoms with Crippen molar-refractivity contribution in [2.75, 3.05) is 24.6 Å². The molecule has 1 aliphatic rings. The smallest absolute Gasteiger partial charge is 0.0961 e. The molecular weight excluding hydrogens is 194 g/mol. The van der Waals surface area contributed by atoms with Crippen LogP contribution in [0.1, 0.15) is 6.42 Å². The van der Waals surface area contributed by atoms with Gasteiger partial charge in [0.25, 0.3) is 0 Å². The molecule has 0 bridgehead atoms. The van der Waals surface area contributed by atoms with Crippen LogP contribution in [0.3, 0.4) is 0 Å². The topological polar surface area (TPSA) is 50.9 Å². The van der Waals surface area contributed by atoms with Crippen LogP contribution in [0.15, 0.2) is 23.4 Å². The number of nitrogens with zero attached hydrogens (tertiary/aromatic N) is 1. The molecule has 0 aliphatic carbocycles. The van der Waals surface area contributed by atoms with Gasteiger partial charge < -0.3 is 11.1 Å². The van der Waals surface area contributed by atoms with E-state index in [0.29, 0.717) is 0 Å². The Hall–Kier alpha value is -0.740. The van der Waals surface area contributed by atoms with Crippen molar-refractivity contribution in [1.82, 2.24) is 10.3 Å². The Morgan fingerprint density at radius 2 is 2.50 bits per heavy atom. The highest BCUT2D eigenvalue weighted by Gasteiger charge is 2.14. The molecule has 0 spiro atoms. The standard InChI is InChI=1S/C10H15N3S/c11-9-1-2-10(13-6-9)14-7-8-3-4-12-5-8/h1-2,6,8,12H,3-5,7,11H2. The van der Waals surface area contributed by atoms with Crippen molar-refractivity contribution in [2.24, 2.45) is 5.92 Å². The molecule has 1 unspecified atom stereocenters. The van der Waals surface area contributed by atoms with E-state index in [1.807, 2.05) is 23.9 Å². The second kappa shape index (κ2) is 4.66. The first-order valence-corrected chi connectivity index (χ1v) is 5.88. The van der Waals surface area contributed by atoms with E-state index in [2.05, 4.69) is 10.3 Å². The van der Waals surface area contributed by atoms with Gasteiger partial charge in [-0.1, -0.05) is 0 Å². The van der Waals surface area contributed by atoms with Crippen LogP contribution < -0.4 is 11.1 Å². The molecule has 1 aromatic rings. The van der Waals surface area contributed by atoms with Crippen LogP contribution in [0.25, 0.3) is 0 Å². The molecule has 0 saturated carbocycles. The lowest BCUT2D eigenvalue weighted by molar-refractivity contribution is 0.662. The molecule has 2 heterocycles. The highest BCUT2D eigenvalue weighted by atomic mass is 32.2. The molecule has 1 fully saturated rings. The second-order valence-electron chi connectivity index (χ2n) is 3.60. The zero-order chi connectivity index (χ0) is 9.80. The summed E-state index contributed by atoms with van der Waals surface area (Å²) in [6.45, 7) is 2.32. The molecule has 0 aromatic carbocycles. The van der Waals surface area contributed by atoms with Gasteiger partial charge in [-0.15, -0.1) is 11.8 Å². The maximum Gasteiger partial charge on any atom is 0.0961 e. The average molecular weight is 209 g/mol. The molecule has 0 radical (unpaired) electrons. The summed E-state index contributed by atoms with van der Waals surface area (Å²) in [5.74, 6) is 1.96. The van der Waals surface area contributed by atoms with E-state index in [9.17, 15) is 0 Å². The van der Waals surface area contributed by atoms with E-state index in [-0.39, 0.29) is 0 Å². The van der Waals surface area contributed by atoms with Crippen LogP contribution in [0.5, 0.6) is 0 Å². The quantitative estimate of drug-likeness (QED) is 0.738. The fourth-order valence-electron chi connectivity index (χ4n) is 1.54. The SMILES string of the molecule is Nc1ccc(SCC2CCNC2)nc1. The van der Waals surface area contributed by atoms with E-state index in [1.165, 1.54) is 13.0 Å². The Kier molecular flexibility index (Phi) is 3.26. The van der Waals surface area contributed by atoms with Crippen LogP contribution >= 0.6 is 11.8 Å². The molecule has 1 aliphatic heterocycles. The van der Waals surface area contributed by atoms with E-state index < -0.39 is 0 Å². The molecule has 3 N–H and O–H groups in total. The summed E-state index contributed by atoms with van der Waals surface area (Å²) >= 11 is 1.82. The third-order valence-electron chi connectivity index (χ3n) is 2.39. The number of rotatable bonds is 3. The number of aromatic nitrogens is 1. The number of pyridine rings is 1. The van der Waals surface area contributed by atoms with Gasteiger partial charge in [0.2, 0.25) is 0 Å². The first-order valence-electron chi connectivity index (χ1n) is 4.89. The first-order chi connectivity index (χ1) is 6.84. The van der Waals surface area contributed by atoms with Gasteiger partial charge in [0.05, 0.1) is 16.9 Å². The third-order valence-corrected chi connectivity index (χ3v) is 3.56. The van der Waals surface area contributed by atoms with Gasteiger partial charge in [0.15, 0.2) is 0 Å². The minimum atomic E-state index is 0.733. The number of hydrogen-bond acceptors (Lipinski definition) is 4. The summed E-state index contributed by atoms with van der Waals surface area (Å²) in [7, 11) is 0. The number of nitrogens with two attached hydrogens (primary N) is 1. The molecule has 1 aromatic heterocycles. The van der Waals surface area contributed by atoms with Gasteiger partial charge in [0.1, 0.15) is 0 Å². The number of thioether (sulfide) groups is 1. The number of anilines is 1. The number of hydrogen-bond donors (Lipinski definition) is 2. The lowest BCUT2D eigenvalue weighted by Crippen LogP contribution is -2.10. The highest BCUT2D eigenvalue weighted by molar-refractivity contribution is 7.99. The molecule has 0 amide bonds. The fraction of sp³-hybridized carbons (Fsp3) is 0.500. The largest absolute Gasteiger partial charge is 0.397 e. The van der Waals surface area contributed by atoms with E-state index in [1.54, 1.807) is 6.20 Å². The average Bonchev–Trinajstić information content (AvgIpc) is 2.70. The highest BCUT2D eigenvalue weighted by Crippen LogP contribution is 2.21. The summed E-state index contributed by atoms with van der Waals surface area (Å²) in [5, 5.41) is 4.44. The monoisotopic (exact) mass is 209 g/mol. The molecule has 4 heteroatoms. The van der Waals surface area contributed by atoms with Crippen molar-refractivity contribution in [3.05, 3.63) is 18.3 Å². The molecule has 3 nitrogen and oxygen atoms in total. The molecule has 2 rings (SSSR count). The van der Waals surface area contributed by atoms with Crippen molar-refractivity contribution >= 4 is 17.4 Å². The molecular formula is C10H15N3S. The van der Waals surface area contributed by atoms with Crippen LogP contribution in [0.2, 0.25) is 0 Å². The van der Waals surface area contributed by atoms with Gasteiger partial charge >= 0.3 is 0 Å². The maximum absolute atomic E-state index is 5.56. The van der Waals surface area contributed by atoms with Crippen LogP contribution in [-0.4, -0.2) is 23.8 Å². The minimum absolute atomic E-state index is 0.733. The van der Waals surface area contributed by atoms with Crippen molar-refractivity contribution in [3.8, 4) is 0 Å². The lowest BCUT2D eigenvalue weighted by atomic mass is 10.2. The normalized spacial score (nSPS) is 21.3. The summed E-state index contributed by atoms with van der Waals surface area (Å²) in [6, 6.07) is 3.89. The number of nitrogens with one attached hydrogen (secondary N) is 1. The Balaban J connectivity index is 1.82. The summed E-state index contributed by atoms with van der Waals surface area (Å²) in [4.78, 5) is 4.26. The molecule has 76 valence electrons. The Morgan fingerprint density at radius 3 is 3.14 bits per heavy atom. The zero-order valence-corrected chi connectivity index (χ0v) is 8.89. The minimum Gasteiger partial charge on any atom is -0.397 e. The van der Waals surface area contributed by atoms with Crippen LogP contribution in [0.4, 0.5) is 5.69 Å². The Morgan fingerprint density at radius 1 is 1.57 bits per heavy atom. The Labute approximate surface area is 88.5 Å². The van der Waals surface area contributed by atoms with E-state index in [0.717, 1.165) is 28.9 Å². The van der Waals surface area contributed by atoms with Gasteiger partial charge in [-0.05, 0) is 37.6 Å². The number of nitrogen functional groups attached to an aromatic ring is 1. The van der Waals surface area contributed by atoms with Crippen molar-refractivity contribution in [1.29, 1.82) is 0 Å². The summed E-state index contributed by atoms with van der Waals surface area (Å²) < 4.78 is 0. The first kappa shape index (κ1) is 9.80. The molecule has 1 saturated heterocycles. The second-order valence-corrected chi connectivity index (χ2v) is 4.64. The van der Waals surface area contributed by atoms with Gasteiger partial charge in [-0.25, -0.2) is 4.98 Å². The van der Waals surface area contributed by atoms with Gasteiger partial charge in [0, 0.05) is 5.75 Å². The molecule has 14 heavy (non-hydrogen) atoms. The summed E-state index contributed by atoms with van der Waals surface area (Å²) in [5.41, 5.74) is 6.30. The van der Waals surface area contributed by atoms with Crippen molar-refractivity contribution in [3.63, 3.8) is 0 Å². The van der Waals surface area contributed by atoms with E-state index in [4.69, 9.17) is 5.73 Å². The predicted molar refractivity (Wildman–Crippen MR) is 60.4 cm³/mol.